The van der Waals surface area contributed by atoms with Crippen LogP contribution in [0.3, 0.4) is 0 Å². The zero-order chi connectivity index (χ0) is 8.67. The van der Waals surface area contributed by atoms with E-state index < -0.39 is 0 Å². The van der Waals surface area contributed by atoms with Crippen LogP contribution >= 0.6 is 0 Å². The molecular weight excluding hydrogens is 182 g/mol. The third-order valence-electron chi connectivity index (χ3n) is 2.41. The molecule has 1 nitrogen and oxygen atoms in total. The van der Waals surface area contributed by atoms with Crippen LogP contribution in [-0.4, -0.2) is 28.0 Å². The van der Waals surface area contributed by atoms with Crippen molar-refractivity contribution in [2.24, 2.45) is 0 Å². The van der Waals surface area contributed by atoms with Crippen LogP contribution in [0, 0.1) is 0 Å². The minimum atomic E-state index is 0. The Labute approximate surface area is 101 Å². The summed E-state index contributed by atoms with van der Waals surface area (Å²) in [6.07, 6.45) is 0. The van der Waals surface area contributed by atoms with Gasteiger partial charge in [-0.25, -0.2) is 0 Å². The van der Waals surface area contributed by atoms with Crippen molar-refractivity contribution in [1.82, 2.24) is 4.98 Å². The van der Waals surface area contributed by atoms with Gasteiger partial charge >= 0.3 is 23.1 Å². The van der Waals surface area contributed by atoms with Crippen molar-refractivity contribution in [2.75, 3.05) is 0 Å². The standard InChI is InChI=1S/C12H9N.Mg.2H/c1-3-7-11-9(5-1)10-6-2-4-8-12(10)13-11;;;/h1-8,13H;;;/q;+2;2*-1. The maximum absolute atomic E-state index is 3.38. The Hall–Kier alpha value is -0.994. The number of aromatic amines is 1. The van der Waals surface area contributed by atoms with Crippen LogP contribution in [0.4, 0.5) is 0 Å². The van der Waals surface area contributed by atoms with Gasteiger partial charge in [-0.1, -0.05) is 36.4 Å². The van der Waals surface area contributed by atoms with Gasteiger partial charge in [0, 0.05) is 21.8 Å². The zero-order valence-electron chi connectivity index (χ0n) is 9.83. The summed E-state index contributed by atoms with van der Waals surface area (Å²) in [5.74, 6) is 0. The summed E-state index contributed by atoms with van der Waals surface area (Å²) >= 11 is 0. The van der Waals surface area contributed by atoms with Crippen molar-refractivity contribution in [3.05, 3.63) is 48.5 Å². The molecule has 3 aromatic rings. The van der Waals surface area contributed by atoms with E-state index in [4.69, 9.17) is 0 Å². The number of hydrogen-bond acceptors (Lipinski definition) is 0. The Kier molecular flexibility index (Phi) is 2.48. The van der Waals surface area contributed by atoms with Crippen LogP contribution < -0.4 is 0 Å². The van der Waals surface area contributed by atoms with Gasteiger partial charge in [0.1, 0.15) is 0 Å². The molecule has 14 heavy (non-hydrogen) atoms. The first-order chi connectivity index (χ1) is 6.45. The average molecular weight is 194 g/mol. The van der Waals surface area contributed by atoms with Crippen molar-refractivity contribution in [2.45, 2.75) is 0 Å². The van der Waals surface area contributed by atoms with Crippen molar-refractivity contribution in [3.8, 4) is 0 Å². The molecule has 0 atom stereocenters. The van der Waals surface area contributed by atoms with Crippen LogP contribution in [0.1, 0.15) is 2.85 Å². The Morgan fingerprint density at radius 1 is 0.714 bits per heavy atom. The molecule has 0 spiro atoms. The predicted molar refractivity (Wildman–Crippen MR) is 63.8 cm³/mol. The number of benzene rings is 2. The van der Waals surface area contributed by atoms with E-state index in [-0.39, 0.29) is 25.9 Å². The number of H-pyrrole nitrogens is 1. The number of fused-ring (bicyclic) bond motifs is 3. The number of nitrogens with one attached hydrogen (secondary N) is 1. The first kappa shape index (κ1) is 9.56. The molecular formula is C12H11MgN. The van der Waals surface area contributed by atoms with E-state index in [0.29, 0.717) is 0 Å². The van der Waals surface area contributed by atoms with E-state index in [1.807, 2.05) is 0 Å². The molecule has 0 aliphatic rings. The first-order valence-electron chi connectivity index (χ1n) is 4.40. The summed E-state index contributed by atoms with van der Waals surface area (Å²) in [5.41, 5.74) is 2.42. The quantitative estimate of drug-likeness (QED) is 0.528. The van der Waals surface area contributed by atoms with Gasteiger partial charge in [-0.05, 0) is 12.1 Å². The van der Waals surface area contributed by atoms with Crippen LogP contribution in [-0.2, 0) is 0 Å². The molecule has 0 saturated heterocycles. The summed E-state index contributed by atoms with van der Waals surface area (Å²) in [6.45, 7) is 0. The second-order valence-electron chi connectivity index (χ2n) is 3.22. The molecule has 0 aliphatic heterocycles. The third kappa shape index (κ3) is 1.31. The van der Waals surface area contributed by atoms with E-state index in [0.717, 1.165) is 0 Å². The largest absolute Gasteiger partial charge is 2.00 e. The molecule has 0 saturated carbocycles. The van der Waals surface area contributed by atoms with Crippen molar-refractivity contribution in [3.63, 3.8) is 0 Å². The molecule has 2 heteroatoms. The van der Waals surface area contributed by atoms with Gasteiger partial charge in [0.05, 0.1) is 0 Å². The Bertz CT molecular complexity index is 527. The molecule has 0 amide bonds. The van der Waals surface area contributed by atoms with Crippen LogP contribution in [0.25, 0.3) is 21.8 Å². The average Bonchev–Trinajstić information content (AvgIpc) is 2.56. The minimum absolute atomic E-state index is 0. The Morgan fingerprint density at radius 3 is 1.64 bits per heavy atom. The van der Waals surface area contributed by atoms with E-state index in [1.54, 1.807) is 0 Å². The molecule has 2 aromatic carbocycles. The Morgan fingerprint density at radius 2 is 1.14 bits per heavy atom. The SMILES string of the molecule is [H-].[H-].[Mg+2].c1ccc2c(c1)[nH]c1ccccc12. The second kappa shape index (κ2) is 3.63. The smallest absolute Gasteiger partial charge is 1.00 e. The van der Waals surface area contributed by atoms with Crippen molar-refractivity contribution < 1.29 is 2.85 Å². The molecule has 3 rings (SSSR count). The summed E-state index contributed by atoms with van der Waals surface area (Å²) in [7, 11) is 0. The number of para-hydroxylation sites is 2. The van der Waals surface area contributed by atoms with E-state index in [2.05, 4.69) is 53.5 Å². The van der Waals surface area contributed by atoms with Crippen molar-refractivity contribution in [1.29, 1.82) is 0 Å². The van der Waals surface area contributed by atoms with Crippen molar-refractivity contribution >= 4 is 44.9 Å². The number of hydrogen-bond donors (Lipinski definition) is 1. The van der Waals surface area contributed by atoms with Gasteiger partial charge in [-0.2, -0.15) is 0 Å². The monoisotopic (exact) mass is 193 g/mol. The summed E-state index contributed by atoms with van der Waals surface area (Å²) in [6, 6.07) is 16.8. The fourth-order valence-corrected chi connectivity index (χ4v) is 1.80. The van der Waals surface area contributed by atoms with Crippen LogP contribution in [0.2, 0.25) is 0 Å². The molecule has 0 unspecified atom stereocenters. The molecule has 1 N–H and O–H groups in total. The van der Waals surface area contributed by atoms with E-state index in [1.165, 1.54) is 21.8 Å². The van der Waals surface area contributed by atoms with Gasteiger partial charge in [-0.3, -0.25) is 0 Å². The maximum atomic E-state index is 3.38. The molecule has 0 bridgehead atoms. The number of aromatic nitrogens is 1. The summed E-state index contributed by atoms with van der Waals surface area (Å²) in [5, 5.41) is 2.61. The summed E-state index contributed by atoms with van der Waals surface area (Å²) < 4.78 is 0. The van der Waals surface area contributed by atoms with Gasteiger partial charge in [0.2, 0.25) is 0 Å². The predicted octanol–water partition coefficient (Wildman–Crippen LogP) is 3.17. The second-order valence-corrected chi connectivity index (χ2v) is 3.22. The summed E-state index contributed by atoms with van der Waals surface area (Å²) in [4.78, 5) is 3.38. The van der Waals surface area contributed by atoms with E-state index >= 15 is 0 Å². The fourth-order valence-electron chi connectivity index (χ4n) is 1.80. The van der Waals surface area contributed by atoms with Gasteiger partial charge in [0.25, 0.3) is 0 Å². The molecule has 66 valence electrons. The van der Waals surface area contributed by atoms with E-state index in [9.17, 15) is 0 Å². The molecule has 0 aliphatic carbocycles. The molecule has 0 radical (unpaired) electrons. The van der Waals surface area contributed by atoms with Gasteiger partial charge in [-0.15, -0.1) is 0 Å². The topological polar surface area (TPSA) is 15.8 Å². The molecule has 1 heterocycles. The third-order valence-corrected chi connectivity index (χ3v) is 2.41. The minimum Gasteiger partial charge on any atom is -1.00 e. The van der Waals surface area contributed by atoms with Crippen LogP contribution in [0.15, 0.2) is 48.5 Å². The maximum Gasteiger partial charge on any atom is 2.00 e. The van der Waals surface area contributed by atoms with Gasteiger partial charge < -0.3 is 7.84 Å². The van der Waals surface area contributed by atoms with Crippen LogP contribution in [0.5, 0.6) is 0 Å². The first-order valence-corrected chi connectivity index (χ1v) is 4.40. The molecule has 0 fully saturated rings. The Balaban J connectivity index is 0.000000750. The molecule has 1 aromatic heterocycles. The fraction of sp³-hybridized carbons (Fsp3) is 0. The van der Waals surface area contributed by atoms with Gasteiger partial charge in [0.15, 0.2) is 0 Å². The zero-order valence-corrected chi connectivity index (χ0v) is 9.24. The number of rotatable bonds is 0. The normalized spacial score (nSPS) is 10.3.